The summed E-state index contributed by atoms with van der Waals surface area (Å²) in [7, 11) is 0. The Morgan fingerprint density at radius 2 is 1.80 bits per heavy atom. The Balaban J connectivity index is 1.55. The Morgan fingerprint density at radius 1 is 1.07 bits per heavy atom. The van der Waals surface area contributed by atoms with E-state index in [9.17, 15) is 15.2 Å². The van der Waals surface area contributed by atoms with E-state index in [1.165, 1.54) is 18.2 Å². The predicted octanol–water partition coefficient (Wildman–Crippen LogP) is 5.51. The maximum Gasteiger partial charge on any atom is 0.269 e. The Hall–Kier alpha value is -4.13. The highest BCUT2D eigenvalue weighted by Crippen LogP contribution is 2.40. The summed E-state index contributed by atoms with van der Waals surface area (Å²) in [4.78, 5) is 10.3. The van der Waals surface area contributed by atoms with Crippen molar-refractivity contribution in [1.82, 2.24) is 5.16 Å². The van der Waals surface area contributed by atoms with E-state index in [2.05, 4.69) is 5.16 Å². The van der Waals surface area contributed by atoms with Gasteiger partial charge in [-0.15, -0.1) is 0 Å². The number of nitro benzene ring substituents is 1. The highest BCUT2D eigenvalue weighted by molar-refractivity contribution is 5.83. The summed E-state index contributed by atoms with van der Waals surface area (Å²) >= 11 is 0. The molecule has 4 aromatic rings. The van der Waals surface area contributed by atoms with Gasteiger partial charge in [0.1, 0.15) is 18.1 Å². The minimum Gasteiger partial charge on any atom is -0.507 e. The van der Waals surface area contributed by atoms with Crippen molar-refractivity contribution in [3.63, 3.8) is 0 Å². The number of phenols is 1. The van der Waals surface area contributed by atoms with Crippen molar-refractivity contribution in [3.8, 4) is 33.9 Å². The number of non-ortho nitro benzene ring substituents is 1. The zero-order valence-electron chi connectivity index (χ0n) is 16.1. The van der Waals surface area contributed by atoms with Crippen molar-refractivity contribution in [3.05, 3.63) is 94.2 Å². The first-order chi connectivity index (χ1) is 14.5. The summed E-state index contributed by atoms with van der Waals surface area (Å²) in [5.74, 6) is 0.953. The van der Waals surface area contributed by atoms with Gasteiger partial charge in [0.05, 0.1) is 21.7 Å². The van der Waals surface area contributed by atoms with Gasteiger partial charge in [-0.2, -0.15) is 0 Å². The Morgan fingerprint density at radius 3 is 2.47 bits per heavy atom. The van der Waals surface area contributed by atoms with Gasteiger partial charge >= 0.3 is 0 Å². The lowest BCUT2D eigenvalue weighted by Crippen LogP contribution is -1.96. The second kappa shape index (κ2) is 8.08. The van der Waals surface area contributed by atoms with E-state index in [4.69, 9.17) is 9.26 Å². The fourth-order valence-electron chi connectivity index (χ4n) is 3.17. The monoisotopic (exact) mass is 402 g/mol. The third kappa shape index (κ3) is 3.86. The van der Waals surface area contributed by atoms with E-state index >= 15 is 0 Å². The van der Waals surface area contributed by atoms with E-state index in [1.54, 1.807) is 24.3 Å². The minimum atomic E-state index is -0.448. The van der Waals surface area contributed by atoms with Gasteiger partial charge in [0, 0.05) is 18.2 Å². The van der Waals surface area contributed by atoms with Gasteiger partial charge in [-0.1, -0.05) is 35.5 Å². The summed E-state index contributed by atoms with van der Waals surface area (Å²) in [6.07, 6.45) is 0. The number of ether oxygens (including phenoxy) is 1. The molecule has 0 saturated carbocycles. The van der Waals surface area contributed by atoms with Crippen LogP contribution in [0.15, 0.2) is 77.3 Å². The van der Waals surface area contributed by atoms with E-state index < -0.39 is 4.92 Å². The summed E-state index contributed by atoms with van der Waals surface area (Å²) in [5.41, 5.74) is 3.82. The van der Waals surface area contributed by atoms with Crippen LogP contribution in [0.1, 0.15) is 11.3 Å². The molecule has 7 nitrogen and oxygen atoms in total. The second-order valence-corrected chi connectivity index (χ2v) is 6.73. The number of aryl methyl sites for hydroxylation is 1. The van der Waals surface area contributed by atoms with E-state index in [0.29, 0.717) is 17.1 Å². The summed E-state index contributed by atoms with van der Waals surface area (Å²) in [5, 5.41) is 25.4. The number of nitro groups is 1. The number of rotatable bonds is 6. The maximum absolute atomic E-state index is 10.7. The molecule has 0 aliphatic heterocycles. The van der Waals surface area contributed by atoms with Gasteiger partial charge in [-0.25, -0.2) is 0 Å². The first-order valence-corrected chi connectivity index (χ1v) is 9.24. The first-order valence-electron chi connectivity index (χ1n) is 9.24. The summed E-state index contributed by atoms with van der Waals surface area (Å²) in [6, 6.07) is 20.8. The predicted molar refractivity (Wildman–Crippen MR) is 111 cm³/mol. The maximum atomic E-state index is 10.7. The third-order valence-electron chi connectivity index (χ3n) is 4.69. The first kappa shape index (κ1) is 19.2. The van der Waals surface area contributed by atoms with Crippen LogP contribution >= 0.6 is 0 Å². The normalized spacial score (nSPS) is 10.7. The largest absolute Gasteiger partial charge is 0.507 e. The molecule has 150 valence electrons. The molecule has 1 aromatic heterocycles. The topological polar surface area (TPSA) is 98.6 Å². The zero-order valence-corrected chi connectivity index (χ0v) is 16.1. The summed E-state index contributed by atoms with van der Waals surface area (Å²) in [6.45, 7) is 2.07. The molecular weight excluding hydrogens is 384 g/mol. The smallest absolute Gasteiger partial charge is 0.269 e. The van der Waals surface area contributed by atoms with Crippen LogP contribution in [-0.4, -0.2) is 15.2 Å². The summed E-state index contributed by atoms with van der Waals surface area (Å²) < 4.78 is 11.2. The van der Waals surface area contributed by atoms with Gasteiger partial charge < -0.3 is 14.4 Å². The van der Waals surface area contributed by atoms with Crippen LogP contribution in [0.5, 0.6) is 11.5 Å². The number of hydrogen-bond acceptors (Lipinski definition) is 6. The molecule has 7 heteroatoms. The molecule has 0 amide bonds. The van der Waals surface area contributed by atoms with E-state index in [1.807, 2.05) is 37.3 Å². The number of phenolic OH excluding ortho intramolecular Hbond substituents is 1. The standard InChI is InChI=1S/C23H18N2O5/c1-15-22(17-5-3-2-4-6-17)23(30-24-15)20-12-11-19(13-21(20)26)29-14-16-7-9-18(10-8-16)25(27)28/h2-13,26H,14H2,1H3. The van der Waals surface area contributed by atoms with Crippen molar-refractivity contribution in [2.24, 2.45) is 0 Å². The second-order valence-electron chi connectivity index (χ2n) is 6.73. The average Bonchev–Trinajstić information content (AvgIpc) is 3.14. The lowest BCUT2D eigenvalue weighted by molar-refractivity contribution is -0.384. The molecule has 0 atom stereocenters. The molecule has 0 unspecified atom stereocenters. The fraction of sp³-hybridized carbons (Fsp3) is 0.0870. The van der Waals surface area contributed by atoms with Crippen molar-refractivity contribution >= 4 is 5.69 Å². The van der Waals surface area contributed by atoms with Crippen molar-refractivity contribution < 1.29 is 19.3 Å². The lowest BCUT2D eigenvalue weighted by atomic mass is 9.99. The quantitative estimate of drug-likeness (QED) is 0.337. The van der Waals surface area contributed by atoms with Crippen LogP contribution in [-0.2, 0) is 6.61 Å². The molecule has 0 aliphatic rings. The van der Waals surface area contributed by atoms with Crippen LogP contribution in [0.25, 0.3) is 22.5 Å². The Bertz CT molecular complexity index is 1180. The zero-order chi connectivity index (χ0) is 21.1. The van der Waals surface area contributed by atoms with E-state index in [-0.39, 0.29) is 18.0 Å². The molecule has 0 saturated heterocycles. The number of benzene rings is 3. The molecule has 0 bridgehead atoms. The van der Waals surface area contributed by atoms with Gasteiger partial charge in [0.25, 0.3) is 5.69 Å². The lowest BCUT2D eigenvalue weighted by Gasteiger charge is -2.09. The molecule has 0 aliphatic carbocycles. The molecular formula is C23H18N2O5. The highest BCUT2D eigenvalue weighted by Gasteiger charge is 2.19. The van der Waals surface area contributed by atoms with Gasteiger partial charge in [0.2, 0.25) is 0 Å². The van der Waals surface area contributed by atoms with Crippen molar-refractivity contribution in [2.45, 2.75) is 13.5 Å². The third-order valence-corrected chi connectivity index (χ3v) is 4.69. The van der Waals surface area contributed by atoms with Crippen LogP contribution in [0.4, 0.5) is 5.69 Å². The van der Waals surface area contributed by atoms with Gasteiger partial charge in [-0.3, -0.25) is 10.1 Å². The van der Waals surface area contributed by atoms with Crippen molar-refractivity contribution in [2.75, 3.05) is 0 Å². The minimum absolute atomic E-state index is 0.00420. The van der Waals surface area contributed by atoms with E-state index in [0.717, 1.165) is 22.4 Å². The van der Waals surface area contributed by atoms with Crippen molar-refractivity contribution in [1.29, 1.82) is 0 Å². The molecule has 4 rings (SSSR count). The SMILES string of the molecule is Cc1noc(-c2ccc(OCc3ccc([N+](=O)[O-])cc3)cc2O)c1-c1ccccc1. The molecule has 30 heavy (non-hydrogen) atoms. The molecule has 1 heterocycles. The molecule has 0 spiro atoms. The number of hydrogen-bond donors (Lipinski definition) is 1. The molecule has 0 radical (unpaired) electrons. The van der Waals surface area contributed by atoms with Crippen LogP contribution in [0, 0.1) is 17.0 Å². The van der Waals surface area contributed by atoms with Gasteiger partial charge in [0.15, 0.2) is 5.76 Å². The highest BCUT2D eigenvalue weighted by atomic mass is 16.6. The molecule has 3 aromatic carbocycles. The van der Waals surface area contributed by atoms with Crippen LogP contribution in [0.2, 0.25) is 0 Å². The molecule has 0 fully saturated rings. The number of aromatic hydroxyl groups is 1. The Kier molecular flexibility index (Phi) is 5.17. The Labute approximate surface area is 172 Å². The number of aromatic nitrogens is 1. The average molecular weight is 402 g/mol. The molecule has 1 N–H and O–H groups in total. The van der Waals surface area contributed by atoms with Crippen LogP contribution in [0.3, 0.4) is 0 Å². The fourth-order valence-corrected chi connectivity index (χ4v) is 3.17. The number of nitrogens with zero attached hydrogens (tertiary/aromatic N) is 2. The van der Waals surface area contributed by atoms with Crippen LogP contribution < -0.4 is 4.74 Å². The van der Waals surface area contributed by atoms with Gasteiger partial charge in [-0.05, 0) is 42.3 Å².